The summed E-state index contributed by atoms with van der Waals surface area (Å²) in [5.74, 6) is 0. The molecule has 21 heavy (non-hydrogen) atoms. The van der Waals surface area contributed by atoms with E-state index in [-0.39, 0.29) is 12.4 Å². The van der Waals surface area contributed by atoms with Gasteiger partial charge in [-0.1, -0.05) is 47.7 Å². The second kappa shape index (κ2) is 6.73. The summed E-state index contributed by atoms with van der Waals surface area (Å²) in [6, 6.07) is 16.9. The minimum absolute atomic E-state index is 0. The van der Waals surface area contributed by atoms with Crippen LogP contribution >= 0.6 is 27.3 Å². The molecule has 2 aromatic carbocycles. The topological polar surface area (TPSA) is 3.88 Å². The average Bonchev–Trinajstić information content (AvgIpc) is 2.80. The van der Waals surface area contributed by atoms with Crippen LogP contribution in [0.3, 0.4) is 0 Å². The molecule has 0 aliphatic heterocycles. The van der Waals surface area contributed by atoms with Crippen LogP contribution in [-0.4, -0.2) is 0 Å². The Kier molecular flexibility index (Phi) is 5.20. The number of para-hydroxylation sites is 1. The van der Waals surface area contributed by atoms with Gasteiger partial charge in [0.05, 0.1) is 14.9 Å². The summed E-state index contributed by atoms with van der Waals surface area (Å²) in [5.41, 5.74) is 7.15. The maximum atomic E-state index is 3.71. The van der Waals surface area contributed by atoms with Crippen LogP contribution in [0.2, 0.25) is 0 Å². The first-order valence-corrected chi connectivity index (χ1v) is 8.16. The number of aromatic nitrogens is 1. The van der Waals surface area contributed by atoms with E-state index in [4.69, 9.17) is 0 Å². The number of hydrogen-bond donors (Lipinski definition) is 0. The van der Waals surface area contributed by atoms with Gasteiger partial charge < -0.3 is 12.4 Å². The van der Waals surface area contributed by atoms with Crippen LogP contribution in [0.25, 0.3) is 16.8 Å². The lowest BCUT2D eigenvalue weighted by Crippen LogP contribution is -3.00. The fourth-order valence-corrected chi connectivity index (χ4v) is 3.65. The molecule has 0 radical (unpaired) electrons. The van der Waals surface area contributed by atoms with Crippen LogP contribution in [0, 0.1) is 13.8 Å². The molecule has 0 saturated carbocycles. The fraction of sp³-hybridized carbons (Fsp3) is 0.118. The lowest BCUT2D eigenvalue weighted by molar-refractivity contribution is -0.597. The van der Waals surface area contributed by atoms with Crippen molar-refractivity contribution in [3.63, 3.8) is 0 Å². The summed E-state index contributed by atoms with van der Waals surface area (Å²) in [4.78, 5) is 1.35. The molecule has 3 rings (SSSR count). The monoisotopic (exact) mass is 379 g/mol. The van der Waals surface area contributed by atoms with Crippen molar-refractivity contribution in [2.24, 2.45) is 0 Å². The molecule has 1 heterocycles. The average molecular weight is 381 g/mol. The van der Waals surface area contributed by atoms with Crippen LogP contribution in [0.5, 0.6) is 0 Å². The molecular weight excluding hydrogens is 366 g/mol. The lowest BCUT2D eigenvalue weighted by atomic mass is 10.0. The van der Waals surface area contributed by atoms with Gasteiger partial charge >= 0.3 is 0 Å². The van der Waals surface area contributed by atoms with Gasteiger partial charge in [0, 0.05) is 6.92 Å². The maximum Gasteiger partial charge on any atom is 0.233 e. The third kappa shape index (κ3) is 3.05. The molecule has 0 unspecified atom stereocenters. The Morgan fingerprint density at radius 1 is 0.952 bits per heavy atom. The molecule has 0 atom stereocenters. The van der Waals surface area contributed by atoms with Crippen molar-refractivity contribution in [3.8, 4) is 16.8 Å². The third-order valence-corrected chi connectivity index (χ3v) is 5.12. The predicted octanol–water partition coefficient (Wildman–Crippen LogP) is 2.08. The van der Waals surface area contributed by atoms with E-state index in [2.05, 4.69) is 82.3 Å². The Labute approximate surface area is 143 Å². The van der Waals surface area contributed by atoms with Gasteiger partial charge in [-0.15, -0.1) is 0 Å². The molecule has 4 heteroatoms. The molecule has 0 aliphatic carbocycles. The Morgan fingerprint density at radius 3 is 2.29 bits per heavy atom. The molecule has 1 aromatic heterocycles. The first kappa shape index (κ1) is 16.2. The molecule has 1 nitrogen and oxygen atoms in total. The zero-order valence-corrected chi connectivity index (χ0v) is 15.0. The molecular formula is C17H15BrClNS. The van der Waals surface area contributed by atoms with Crippen LogP contribution in [0.1, 0.15) is 10.6 Å². The number of benzene rings is 2. The minimum atomic E-state index is 0. The predicted molar refractivity (Wildman–Crippen MR) is 88.5 cm³/mol. The number of thiazole rings is 1. The second-order valence-electron chi connectivity index (χ2n) is 4.74. The smallest absolute Gasteiger partial charge is 0.233 e. The minimum Gasteiger partial charge on any atom is -1.00 e. The van der Waals surface area contributed by atoms with Crippen molar-refractivity contribution >= 4 is 27.3 Å². The molecule has 0 aliphatic rings. The van der Waals surface area contributed by atoms with Crippen molar-refractivity contribution in [1.29, 1.82) is 0 Å². The van der Waals surface area contributed by atoms with E-state index in [1.165, 1.54) is 27.4 Å². The Hall–Kier alpha value is -1.16. The first-order valence-electron chi connectivity index (χ1n) is 6.49. The van der Waals surface area contributed by atoms with Gasteiger partial charge in [-0.05, 0) is 40.5 Å². The third-order valence-electron chi connectivity index (χ3n) is 3.52. The van der Waals surface area contributed by atoms with E-state index in [0.29, 0.717) is 0 Å². The molecule has 0 saturated heterocycles. The standard InChI is InChI=1S/C17H15BrNS.ClH/c1-12-13(2)20-11-19(12)17-15(9-6-10-16(17)18)14-7-4-3-5-8-14;/h3-11H,1-2H3;1H/q+1;/p-1. The molecule has 0 fully saturated rings. The van der Waals surface area contributed by atoms with E-state index in [9.17, 15) is 0 Å². The molecule has 0 bridgehead atoms. The van der Waals surface area contributed by atoms with Gasteiger partial charge in [0.15, 0.2) is 5.69 Å². The summed E-state index contributed by atoms with van der Waals surface area (Å²) >= 11 is 5.49. The van der Waals surface area contributed by atoms with E-state index in [1.54, 1.807) is 11.3 Å². The van der Waals surface area contributed by atoms with Crippen LogP contribution in [0.4, 0.5) is 0 Å². The number of halogens is 2. The van der Waals surface area contributed by atoms with Crippen molar-refractivity contribution in [2.75, 3.05) is 0 Å². The van der Waals surface area contributed by atoms with Crippen LogP contribution < -0.4 is 17.0 Å². The fourth-order valence-electron chi connectivity index (χ4n) is 2.30. The Morgan fingerprint density at radius 2 is 1.67 bits per heavy atom. The number of rotatable bonds is 2. The highest BCUT2D eigenvalue weighted by molar-refractivity contribution is 9.10. The molecule has 108 valence electrons. The SMILES string of the molecule is Cc1sc[n+](-c2c(Br)cccc2-c2ccccc2)c1C.[Cl-]. The first-order chi connectivity index (χ1) is 9.68. The molecule has 0 spiro atoms. The number of hydrogen-bond acceptors (Lipinski definition) is 1. The van der Waals surface area contributed by atoms with Crippen LogP contribution in [-0.2, 0) is 0 Å². The van der Waals surface area contributed by atoms with Crippen molar-refractivity contribution in [2.45, 2.75) is 13.8 Å². The van der Waals surface area contributed by atoms with Gasteiger partial charge in [0.2, 0.25) is 11.2 Å². The molecule has 3 aromatic rings. The van der Waals surface area contributed by atoms with Gasteiger partial charge in [0.1, 0.15) is 0 Å². The Balaban J connectivity index is 0.00000161. The highest BCUT2D eigenvalue weighted by atomic mass is 79.9. The summed E-state index contributed by atoms with van der Waals surface area (Å²) in [6.45, 7) is 4.33. The van der Waals surface area contributed by atoms with E-state index in [0.717, 1.165) is 4.47 Å². The molecule has 0 amide bonds. The lowest BCUT2D eigenvalue weighted by Gasteiger charge is -2.06. The van der Waals surface area contributed by atoms with Crippen molar-refractivity contribution in [3.05, 3.63) is 69.1 Å². The largest absolute Gasteiger partial charge is 1.00 e. The summed E-state index contributed by atoms with van der Waals surface area (Å²) in [6.07, 6.45) is 0. The van der Waals surface area contributed by atoms with Crippen LogP contribution in [0.15, 0.2) is 58.5 Å². The quantitative estimate of drug-likeness (QED) is 0.599. The molecule has 0 N–H and O–H groups in total. The second-order valence-corrected chi connectivity index (χ2v) is 6.65. The van der Waals surface area contributed by atoms with Gasteiger partial charge in [-0.25, -0.2) is 0 Å². The summed E-state index contributed by atoms with van der Waals surface area (Å²) < 4.78 is 3.39. The number of aryl methyl sites for hydroxylation is 1. The van der Waals surface area contributed by atoms with E-state index in [1.807, 2.05) is 6.07 Å². The van der Waals surface area contributed by atoms with E-state index >= 15 is 0 Å². The maximum absolute atomic E-state index is 3.71. The zero-order chi connectivity index (χ0) is 14.1. The van der Waals surface area contributed by atoms with Gasteiger partial charge in [-0.2, -0.15) is 4.57 Å². The number of nitrogens with zero attached hydrogens (tertiary/aromatic N) is 1. The Bertz CT molecular complexity index is 753. The van der Waals surface area contributed by atoms with Gasteiger partial charge in [0.25, 0.3) is 0 Å². The van der Waals surface area contributed by atoms with Crippen molar-refractivity contribution in [1.82, 2.24) is 0 Å². The van der Waals surface area contributed by atoms with Crippen molar-refractivity contribution < 1.29 is 17.0 Å². The van der Waals surface area contributed by atoms with Gasteiger partial charge in [-0.3, -0.25) is 0 Å². The van der Waals surface area contributed by atoms with E-state index < -0.39 is 0 Å². The highest BCUT2D eigenvalue weighted by Crippen LogP contribution is 2.30. The summed E-state index contributed by atoms with van der Waals surface area (Å²) in [5, 5.41) is 0. The zero-order valence-electron chi connectivity index (χ0n) is 11.8. The highest BCUT2D eigenvalue weighted by Gasteiger charge is 2.22. The normalized spacial score (nSPS) is 10.2. The summed E-state index contributed by atoms with van der Waals surface area (Å²) in [7, 11) is 0.